The van der Waals surface area contributed by atoms with Crippen LogP contribution in [-0.4, -0.2) is 36.3 Å². The summed E-state index contributed by atoms with van der Waals surface area (Å²) >= 11 is 2.06. The third-order valence-corrected chi connectivity index (χ3v) is 4.82. The van der Waals surface area contributed by atoms with Crippen LogP contribution in [-0.2, 0) is 4.74 Å². The highest BCUT2D eigenvalue weighted by Gasteiger charge is 2.44. The Hall–Kier alpha value is 0.270. The summed E-state index contributed by atoms with van der Waals surface area (Å²) in [6, 6.07) is 0.618. The first-order valence-electron chi connectivity index (χ1n) is 6.32. The van der Waals surface area contributed by atoms with E-state index in [1.165, 1.54) is 43.6 Å². The molecule has 2 aliphatic rings. The van der Waals surface area contributed by atoms with Crippen molar-refractivity contribution in [2.75, 3.05) is 24.7 Å². The van der Waals surface area contributed by atoms with Gasteiger partial charge in [0.2, 0.25) is 0 Å². The van der Waals surface area contributed by atoms with E-state index in [1.807, 2.05) is 0 Å². The fourth-order valence-corrected chi connectivity index (χ4v) is 4.10. The molecule has 15 heavy (non-hydrogen) atoms. The second kappa shape index (κ2) is 5.55. The highest BCUT2D eigenvalue weighted by molar-refractivity contribution is 7.99. The molecule has 88 valence electrons. The van der Waals surface area contributed by atoms with E-state index in [0.29, 0.717) is 6.04 Å². The first-order chi connectivity index (χ1) is 7.37. The molecule has 0 aromatic carbocycles. The monoisotopic (exact) mass is 229 g/mol. The Bertz CT molecular complexity index is 192. The van der Waals surface area contributed by atoms with Gasteiger partial charge in [0.05, 0.1) is 12.2 Å². The van der Waals surface area contributed by atoms with E-state index in [1.54, 1.807) is 0 Å². The van der Waals surface area contributed by atoms with Gasteiger partial charge in [-0.2, -0.15) is 11.8 Å². The number of hydrogen-bond acceptors (Lipinski definition) is 3. The molecule has 1 spiro atoms. The van der Waals surface area contributed by atoms with Crippen LogP contribution >= 0.6 is 11.8 Å². The molecule has 0 amide bonds. The van der Waals surface area contributed by atoms with Gasteiger partial charge in [0.25, 0.3) is 0 Å². The summed E-state index contributed by atoms with van der Waals surface area (Å²) in [5, 5.41) is 3.67. The molecular weight excluding hydrogens is 206 g/mol. The summed E-state index contributed by atoms with van der Waals surface area (Å²) in [5.74, 6) is 2.49. The zero-order valence-corrected chi connectivity index (χ0v) is 10.6. The standard InChI is InChI=1S/C12H23NOS/c1-2-3-4-5-11-12(6-9-15-10-12)14-8-7-13-11/h11,13H,2-10H2,1H3. The topological polar surface area (TPSA) is 21.3 Å². The van der Waals surface area contributed by atoms with Crippen molar-refractivity contribution in [2.24, 2.45) is 0 Å². The molecule has 0 radical (unpaired) electrons. The average molecular weight is 229 g/mol. The Labute approximate surface area is 97.5 Å². The molecule has 2 atom stereocenters. The highest BCUT2D eigenvalue weighted by atomic mass is 32.2. The van der Waals surface area contributed by atoms with Crippen LogP contribution in [0, 0.1) is 0 Å². The largest absolute Gasteiger partial charge is 0.371 e. The van der Waals surface area contributed by atoms with Crippen LogP contribution in [0.4, 0.5) is 0 Å². The van der Waals surface area contributed by atoms with E-state index in [4.69, 9.17) is 4.74 Å². The van der Waals surface area contributed by atoms with Gasteiger partial charge < -0.3 is 10.1 Å². The van der Waals surface area contributed by atoms with Gasteiger partial charge in [-0.25, -0.2) is 0 Å². The average Bonchev–Trinajstić information content (AvgIpc) is 2.71. The number of ether oxygens (including phenoxy) is 1. The molecule has 0 saturated carbocycles. The summed E-state index contributed by atoms with van der Waals surface area (Å²) in [6.07, 6.45) is 6.58. The number of thioether (sulfide) groups is 1. The number of unbranched alkanes of at least 4 members (excludes halogenated alkanes) is 2. The van der Waals surface area contributed by atoms with Crippen molar-refractivity contribution in [3.63, 3.8) is 0 Å². The summed E-state index contributed by atoms with van der Waals surface area (Å²) < 4.78 is 6.09. The number of rotatable bonds is 4. The number of nitrogens with one attached hydrogen (secondary N) is 1. The van der Waals surface area contributed by atoms with Gasteiger partial charge >= 0.3 is 0 Å². The van der Waals surface area contributed by atoms with Crippen LogP contribution in [0.2, 0.25) is 0 Å². The lowest BCUT2D eigenvalue weighted by Crippen LogP contribution is -2.58. The maximum Gasteiger partial charge on any atom is 0.0932 e. The van der Waals surface area contributed by atoms with E-state index in [2.05, 4.69) is 24.0 Å². The predicted molar refractivity (Wildman–Crippen MR) is 66.6 cm³/mol. The molecule has 2 rings (SSSR count). The van der Waals surface area contributed by atoms with Gasteiger partial charge in [-0.05, 0) is 18.6 Å². The zero-order valence-electron chi connectivity index (χ0n) is 9.76. The van der Waals surface area contributed by atoms with Gasteiger partial charge in [-0.15, -0.1) is 0 Å². The van der Waals surface area contributed by atoms with Gasteiger partial charge in [-0.3, -0.25) is 0 Å². The molecule has 2 nitrogen and oxygen atoms in total. The van der Waals surface area contributed by atoms with Crippen LogP contribution in [0.3, 0.4) is 0 Å². The Morgan fingerprint density at radius 1 is 1.47 bits per heavy atom. The summed E-state index contributed by atoms with van der Waals surface area (Å²) in [4.78, 5) is 0. The molecule has 2 fully saturated rings. The minimum atomic E-state index is 0.191. The van der Waals surface area contributed by atoms with Crippen LogP contribution in [0.1, 0.15) is 39.0 Å². The van der Waals surface area contributed by atoms with Crippen LogP contribution in [0.5, 0.6) is 0 Å². The molecule has 0 bridgehead atoms. The van der Waals surface area contributed by atoms with E-state index in [-0.39, 0.29) is 5.60 Å². The lowest BCUT2D eigenvalue weighted by Gasteiger charge is -2.41. The fraction of sp³-hybridized carbons (Fsp3) is 1.00. The van der Waals surface area contributed by atoms with Crippen molar-refractivity contribution in [3.05, 3.63) is 0 Å². The molecular formula is C12H23NOS. The molecule has 1 N–H and O–H groups in total. The predicted octanol–water partition coefficient (Wildman–Crippen LogP) is 2.43. The minimum Gasteiger partial charge on any atom is -0.371 e. The van der Waals surface area contributed by atoms with E-state index in [9.17, 15) is 0 Å². The normalized spacial score (nSPS) is 36.2. The van der Waals surface area contributed by atoms with Gasteiger partial charge in [0, 0.05) is 18.3 Å². The molecule has 2 saturated heterocycles. The molecule has 3 heteroatoms. The van der Waals surface area contributed by atoms with E-state index in [0.717, 1.165) is 13.2 Å². The van der Waals surface area contributed by atoms with Crippen LogP contribution in [0.25, 0.3) is 0 Å². The van der Waals surface area contributed by atoms with E-state index >= 15 is 0 Å². The molecule has 0 aromatic heterocycles. The summed E-state index contributed by atoms with van der Waals surface area (Å²) in [7, 11) is 0. The lowest BCUT2D eigenvalue weighted by molar-refractivity contribution is -0.0804. The first kappa shape index (κ1) is 11.7. The zero-order chi connectivity index (χ0) is 10.6. The second-order valence-electron chi connectivity index (χ2n) is 4.72. The van der Waals surface area contributed by atoms with Crippen molar-refractivity contribution in [2.45, 2.75) is 50.7 Å². The number of morpholine rings is 1. The molecule has 0 aliphatic carbocycles. The van der Waals surface area contributed by atoms with Crippen LogP contribution in [0.15, 0.2) is 0 Å². The van der Waals surface area contributed by atoms with Crippen molar-refractivity contribution in [1.82, 2.24) is 5.32 Å². The van der Waals surface area contributed by atoms with Crippen molar-refractivity contribution in [3.8, 4) is 0 Å². The van der Waals surface area contributed by atoms with Gasteiger partial charge in [0.15, 0.2) is 0 Å². The lowest BCUT2D eigenvalue weighted by atomic mass is 9.88. The summed E-state index contributed by atoms with van der Waals surface area (Å²) in [6.45, 7) is 4.22. The maximum atomic E-state index is 6.09. The molecule has 2 unspecified atom stereocenters. The van der Waals surface area contributed by atoms with Gasteiger partial charge in [-0.1, -0.05) is 26.2 Å². The number of hydrogen-bond donors (Lipinski definition) is 1. The first-order valence-corrected chi connectivity index (χ1v) is 7.48. The second-order valence-corrected chi connectivity index (χ2v) is 5.82. The molecule has 2 aliphatic heterocycles. The van der Waals surface area contributed by atoms with Crippen molar-refractivity contribution >= 4 is 11.8 Å². The summed E-state index contributed by atoms with van der Waals surface area (Å²) in [5.41, 5.74) is 0.191. The van der Waals surface area contributed by atoms with Crippen LogP contribution < -0.4 is 5.32 Å². The quantitative estimate of drug-likeness (QED) is 0.748. The third kappa shape index (κ3) is 2.69. The smallest absolute Gasteiger partial charge is 0.0932 e. The maximum absolute atomic E-state index is 6.09. The Balaban J connectivity index is 1.88. The Morgan fingerprint density at radius 2 is 2.40 bits per heavy atom. The van der Waals surface area contributed by atoms with E-state index < -0.39 is 0 Å². The Morgan fingerprint density at radius 3 is 3.13 bits per heavy atom. The molecule has 2 heterocycles. The van der Waals surface area contributed by atoms with Crippen molar-refractivity contribution < 1.29 is 4.74 Å². The fourth-order valence-electron chi connectivity index (χ4n) is 2.69. The third-order valence-electron chi connectivity index (χ3n) is 3.63. The SMILES string of the molecule is CCCCCC1NCCOC12CCSC2. The highest BCUT2D eigenvalue weighted by Crippen LogP contribution is 2.37. The van der Waals surface area contributed by atoms with Crippen molar-refractivity contribution in [1.29, 1.82) is 0 Å². The van der Waals surface area contributed by atoms with Gasteiger partial charge in [0.1, 0.15) is 0 Å². The molecule has 0 aromatic rings. The Kier molecular flexibility index (Phi) is 4.35. The minimum absolute atomic E-state index is 0.191.